The molecular weight excluding hydrogens is 254 g/mol. The topological polar surface area (TPSA) is 75.4 Å². The molecule has 0 saturated heterocycles. The van der Waals surface area contributed by atoms with Gasteiger partial charge in [-0.3, -0.25) is 4.79 Å². The maximum Gasteiger partial charge on any atom is 0.316 e. The predicted molar refractivity (Wildman–Crippen MR) is 78.8 cm³/mol. The molecule has 3 amide bonds. The zero-order valence-corrected chi connectivity index (χ0v) is 11.1. The molecule has 0 bridgehead atoms. The summed E-state index contributed by atoms with van der Waals surface area (Å²) in [5.74, 6) is -0.0887. The highest BCUT2D eigenvalue weighted by atomic mass is 16.2. The van der Waals surface area contributed by atoms with Gasteiger partial charge in [-0.2, -0.15) is 0 Å². The number of nitrogens with zero attached hydrogens (tertiary/aromatic N) is 1. The Balaban J connectivity index is 2.18. The molecule has 1 aliphatic heterocycles. The van der Waals surface area contributed by atoms with E-state index in [-0.39, 0.29) is 5.91 Å². The maximum absolute atomic E-state index is 11.6. The summed E-state index contributed by atoms with van der Waals surface area (Å²) < 4.78 is 0. The molecule has 104 valence electrons. The largest absolute Gasteiger partial charge is 0.351 e. The molecule has 0 radical (unpaired) electrons. The summed E-state index contributed by atoms with van der Waals surface area (Å²) in [4.78, 5) is 24.0. The van der Waals surface area contributed by atoms with Crippen LogP contribution in [-0.2, 0) is 4.79 Å². The van der Waals surface area contributed by atoms with E-state index in [1.807, 2.05) is 18.3 Å². The van der Waals surface area contributed by atoms with E-state index >= 15 is 0 Å². The van der Waals surface area contributed by atoms with Gasteiger partial charge in [0.25, 0.3) is 0 Å². The highest BCUT2D eigenvalue weighted by Crippen LogP contribution is 2.26. The van der Waals surface area contributed by atoms with E-state index in [1.54, 1.807) is 17.0 Å². The van der Waals surface area contributed by atoms with Crippen LogP contribution in [0, 0.1) is 0 Å². The molecule has 0 atom stereocenters. The summed E-state index contributed by atoms with van der Waals surface area (Å²) in [5, 5.41) is 2.51. The average Bonchev–Trinajstić information content (AvgIpc) is 2.47. The second-order valence-electron chi connectivity index (χ2n) is 4.56. The monoisotopic (exact) mass is 271 g/mol. The van der Waals surface area contributed by atoms with Crippen LogP contribution in [0.5, 0.6) is 0 Å². The normalized spacial score (nSPS) is 14.4. The van der Waals surface area contributed by atoms with Crippen LogP contribution in [0.25, 0.3) is 5.57 Å². The van der Waals surface area contributed by atoms with Gasteiger partial charge in [0.15, 0.2) is 0 Å². The van der Waals surface area contributed by atoms with Gasteiger partial charge in [-0.25, -0.2) is 4.79 Å². The van der Waals surface area contributed by atoms with E-state index in [1.165, 1.54) is 6.08 Å². The molecule has 0 spiro atoms. The summed E-state index contributed by atoms with van der Waals surface area (Å²) in [6, 6.07) is 6.79. The zero-order valence-electron chi connectivity index (χ0n) is 11.1. The maximum atomic E-state index is 11.6. The van der Waals surface area contributed by atoms with Gasteiger partial charge in [0.05, 0.1) is 0 Å². The van der Waals surface area contributed by atoms with Crippen molar-refractivity contribution < 1.29 is 9.59 Å². The molecule has 0 unspecified atom stereocenters. The molecule has 5 heteroatoms. The van der Waals surface area contributed by atoms with Gasteiger partial charge < -0.3 is 16.0 Å². The lowest BCUT2D eigenvalue weighted by Gasteiger charge is -2.24. The van der Waals surface area contributed by atoms with Gasteiger partial charge in [-0.15, -0.1) is 0 Å². The third kappa shape index (κ3) is 3.26. The first kappa shape index (κ1) is 13.9. The van der Waals surface area contributed by atoms with Crippen molar-refractivity contribution in [2.75, 3.05) is 11.9 Å². The lowest BCUT2D eigenvalue weighted by Crippen LogP contribution is -2.27. The van der Waals surface area contributed by atoms with Gasteiger partial charge in [-0.1, -0.05) is 18.7 Å². The SMILES string of the molecule is C=CC(=O)N1C=C(c2ccc(NC(N)=O)cc2)CCC1. The molecule has 1 heterocycles. The molecular formula is C15H17N3O2. The van der Waals surface area contributed by atoms with E-state index in [0.29, 0.717) is 5.69 Å². The number of allylic oxidation sites excluding steroid dienone is 1. The Hall–Kier alpha value is -2.56. The number of amides is 3. The van der Waals surface area contributed by atoms with Crippen molar-refractivity contribution in [3.8, 4) is 0 Å². The highest BCUT2D eigenvalue weighted by molar-refractivity contribution is 5.90. The fourth-order valence-electron chi connectivity index (χ4n) is 2.18. The lowest BCUT2D eigenvalue weighted by molar-refractivity contribution is -0.123. The van der Waals surface area contributed by atoms with E-state index in [4.69, 9.17) is 5.73 Å². The number of hydrogen-bond acceptors (Lipinski definition) is 2. The Morgan fingerprint density at radius 2 is 2.00 bits per heavy atom. The zero-order chi connectivity index (χ0) is 14.5. The van der Waals surface area contributed by atoms with Gasteiger partial charge >= 0.3 is 6.03 Å². The average molecular weight is 271 g/mol. The predicted octanol–water partition coefficient (Wildman–Crippen LogP) is 2.33. The summed E-state index contributed by atoms with van der Waals surface area (Å²) >= 11 is 0. The molecule has 1 aromatic carbocycles. The summed E-state index contributed by atoms with van der Waals surface area (Å²) in [6.07, 6.45) is 5.03. The van der Waals surface area contributed by atoms with E-state index in [9.17, 15) is 9.59 Å². The molecule has 1 aromatic rings. The van der Waals surface area contributed by atoms with Crippen LogP contribution in [-0.4, -0.2) is 23.4 Å². The second-order valence-corrected chi connectivity index (χ2v) is 4.56. The number of carbonyl (C=O) groups excluding carboxylic acids is 2. The van der Waals surface area contributed by atoms with Crippen molar-refractivity contribution in [3.63, 3.8) is 0 Å². The number of primary amides is 1. The van der Waals surface area contributed by atoms with Crippen LogP contribution in [0.3, 0.4) is 0 Å². The smallest absolute Gasteiger partial charge is 0.316 e. The molecule has 2 rings (SSSR count). The van der Waals surface area contributed by atoms with Crippen molar-refractivity contribution in [2.24, 2.45) is 5.73 Å². The fraction of sp³-hybridized carbons (Fsp3) is 0.200. The number of hydrogen-bond donors (Lipinski definition) is 2. The van der Waals surface area contributed by atoms with Crippen molar-refractivity contribution in [3.05, 3.63) is 48.7 Å². The Bertz CT molecular complexity index is 561. The van der Waals surface area contributed by atoms with Gasteiger partial charge in [0.1, 0.15) is 0 Å². The Labute approximate surface area is 117 Å². The van der Waals surface area contributed by atoms with Crippen LogP contribution >= 0.6 is 0 Å². The van der Waals surface area contributed by atoms with Gasteiger partial charge in [0.2, 0.25) is 5.91 Å². The Morgan fingerprint density at radius 1 is 1.30 bits per heavy atom. The second kappa shape index (κ2) is 6.06. The number of nitrogens with one attached hydrogen (secondary N) is 1. The first-order chi connectivity index (χ1) is 9.60. The third-order valence-electron chi connectivity index (χ3n) is 3.14. The molecule has 20 heavy (non-hydrogen) atoms. The quantitative estimate of drug-likeness (QED) is 0.828. The summed E-state index contributed by atoms with van der Waals surface area (Å²) in [5.41, 5.74) is 7.83. The van der Waals surface area contributed by atoms with Crippen LogP contribution in [0.4, 0.5) is 10.5 Å². The molecule has 0 fully saturated rings. The number of nitrogens with two attached hydrogens (primary N) is 1. The number of benzene rings is 1. The minimum atomic E-state index is -0.586. The van der Waals surface area contributed by atoms with Crippen molar-refractivity contribution in [2.45, 2.75) is 12.8 Å². The molecule has 3 N–H and O–H groups in total. The number of rotatable bonds is 3. The van der Waals surface area contributed by atoms with Crippen LogP contribution in [0.1, 0.15) is 18.4 Å². The summed E-state index contributed by atoms with van der Waals surface area (Å²) in [6.45, 7) is 4.22. The van der Waals surface area contributed by atoms with E-state index in [2.05, 4.69) is 11.9 Å². The highest BCUT2D eigenvalue weighted by Gasteiger charge is 2.15. The van der Waals surface area contributed by atoms with E-state index in [0.717, 1.165) is 30.5 Å². The van der Waals surface area contributed by atoms with Crippen molar-refractivity contribution in [1.29, 1.82) is 0 Å². The van der Waals surface area contributed by atoms with Gasteiger partial charge in [0, 0.05) is 18.4 Å². The molecule has 0 saturated carbocycles. The first-order valence-corrected chi connectivity index (χ1v) is 6.41. The minimum absolute atomic E-state index is 0.0887. The third-order valence-corrected chi connectivity index (χ3v) is 3.14. The molecule has 1 aliphatic rings. The van der Waals surface area contributed by atoms with Crippen molar-refractivity contribution in [1.82, 2.24) is 4.90 Å². The number of anilines is 1. The fourth-order valence-corrected chi connectivity index (χ4v) is 2.18. The first-order valence-electron chi connectivity index (χ1n) is 6.41. The number of urea groups is 1. The van der Waals surface area contributed by atoms with Crippen LogP contribution in [0.2, 0.25) is 0 Å². The van der Waals surface area contributed by atoms with Crippen LogP contribution in [0.15, 0.2) is 43.1 Å². The Morgan fingerprint density at radius 3 is 2.60 bits per heavy atom. The van der Waals surface area contributed by atoms with Crippen LogP contribution < -0.4 is 11.1 Å². The van der Waals surface area contributed by atoms with E-state index < -0.39 is 6.03 Å². The minimum Gasteiger partial charge on any atom is -0.351 e. The van der Waals surface area contributed by atoms with Crippen molar-refractivity contribution >= 4 is 23.2 Å². The van der Waals surface area contributed by atoms with Gasteiger partial charge in [-0.05, 0) is 42.2 Å². The molecule has 0 aromatic heterocycles. The number of carbonyl (C=O) groups is 2. The molecule has 5 nitrogen and oxygen atoms in total. The summed E-state index contributed by atoms with van der Waals surface area (Å²) in [7, 11) is 0. The molecule has 0 aliphatic carbocycles. The Kier molecular flexibility index (Phi) is 4.20. The lowest BCUT2D eigenvalue weighted by atomic mass is 9.99. The standard InChI is InChI=1S/C15H17N3O2/c1-2-14(19)18-9-3-4-12(10-18)11-5-7-13(8-6-11)17-15(16)20/h2,5-8,10H,1,3-4,9H2,(H3,16,17,20).